The monoisotopic (exact) mass is 488 g/mol. The Balaban J connectivity index is 1.50. The summed E-state index contributed by atoms with van der Waals surface area (Å²) in [4.78, 5) is 35.8. The number of hydrazone groups is 1. The molecule has 0 spiro atoms. The standard InChI is InChI=1S/C22H18Cl2N4O5/c23-15-8-16(24)10-17(9-15)27-20(29)13-33-19-6-2-1-4-14(19)11-26-28-22(31)21(30)25-12-18-5-3-7-32-18/h1-11H,12-13H2,(H,25,30)(H,27,29)(H,28,31)/b26-11-. The first-order chi connectivity index (χ1) is 15.9. The zero-order valence-corrected chi connectivity index (χ0v) is 18.5. The second-order valence-electron chi connectivity index (χ2n) is 6.49. The number of carbonyl (C=O) groups is 3. The Bertz CT molecular complexity index is 1150. The molecule has 0 saturated heterocycles. The molecular weight excluding hydrogens is 471 g/mol. The summed E-state index contributed by atoms with van der Waals surface area (Å²) in [5.41, 5.74) is 3.04. The normalized spacial score (nSPS) is 10.6. The van der Waals surface area contributed by atoms with Gasteiger partial charge in [0.2, 0.25) is 0 Å². The number of amides is 3. The largest absolute Gasteiger partial charge is 0.483 e. The average molecular weight is 489 g/mol. The maximum absolute atomic E-state index is 12.2. The van der Waals surface area contributed by atoms with Gasteiger partial charge in [-0.1, -0.05) is 35.3 Å². The maximum Gasteiger partial charge on any atom is 0.329 e. The number of para-hydroxylation sites is 1. The van der Waals surface area contributed by atoms with E-state index in [2.05, 4.69) is 21.2 Å². The Labute approximate surface area is 198 Å². The zero-order chi connectivity index (χ0) is 23.6. The molecule has 0 fully saturated rings. The number of anilines is 1. The van der Waals surface area contributed by atoms with E-state index in [1.165, 1.54) is 12.5 Å². The number of benzene rings is 2. The Morgan fingerprint density at radius 3 is 2.48 bits per heavy atom. The molecule has 0 aliphatic carbocycles. The highest BCUT2D eigenvalue weighted by molar-refractivity contribution is 6.35. The lowest BCUT2D eigenvalue weighted by Crippen LogP contribution is -2.37. The van der Waals surface area contributed by atoms with Crippen LogP contribution in [-0.4, -0.2) is 30.5 Å². The van der Waals surface area contributed by atoms with Gasteiger partial charge in [0.1, 0.15) is 11.5 Å². The maximum atomic E-state index is 12.2. The average Bonchev–Trinajstić information content (AvgIpc) is 3.29. The SMILES string of the molecule is O=C(COc1ccccc1/C=N\NC(=O)C(=O)NCc1ccco1)Nc1cc(Cl)cc(Cl)c1. The van der Waals surface area contributed by atoms with Crippen molar-refractivity contribution in [3.05, 3.63) is 82.2 Å². The van der Waals surface area contributed by atoms with Crippen molar-refractivity contribution in [1.82, 2.24) is 10.7 Å². The van der Waals surface area contributed by atoms with Crippen molar-refractivity contribution in [3.8, 4) is 5.75 Å². The number of carbonyl (C=O) groups excluding carboxylic acids is 3. The number of halogens is 2. The van der Waals surface area contributed by atoms with Crippen LogP contribution < -0.4 is 20.8 Å². The number of rotatable bonds is 8. The summed E-state index contributed by atoms with van der Waals surface area (Å²) >= 11 is 11.8. The van der Waals surface area contributed by atoms with Crippen molar-refractivity contribution in [2.45, 2.75) is 6.54 Å². The molecule has 1 aromatic heterocycles. The van der Waals surface area contributed by atoms with Crippen LogP contribution in [-0.2, 0) is 20.9 Å². The van der Waals surface area contributed by atoms with Gasteiger partial charge in [0.25, 0.3) is 5.91 Å². The molecule has 33 heavy (non-hydrogen) atoms. The van der Waals surface area contributed by atoms with Gasteiger partial charge in [-0.15, -0.1) is 0 Å². The number of nitrogens with one attached hydrogen (secondary N) is 3. The van der Waals surface area contributed by atoms with E-state index in [-0.39, 0.29) is 13.2 Å². The van der Waals surface area contributed by atoms with Crippen LogP contribution in [0.4, 0.5) is 5.69 Å². The second-order valence-corrected chi connectivity index (χ2v) is 7.37. The summed E-state index contributed by atoms with van der Waals surface area (Å²) in [6.07, 6.45) is 2.75. The Morgan fingerprint density at radius 2 is 1.76 bits per heavy atom. The van der Waals surface area contributed by atoms with E-state index in [1.54, 1.807) is 54.6 Å². The fraction of sp³-hybridized carbons (Fsp3) is 0.0909. The number of hydrogen-bond donors (Lipinski definition) is 3. The molecule has 0 aliphatic heterocycles. The molecule has 0 bridgehead atoms. The van der Waals surface area contributed by atoms with Gasteiger partial charge in [-0.05, 0) is 42.5 Å². The van der Waals surface area contributed by atoms with Crippen LogP contribution in [0.1, 0.15) is 11.3 Å². The van der Waals surface area contributed by atoms with Crippen molar-refractivity contribution >= 4 is 52.8 Å². The van der Waals surface area contributed by atoms with Gasteiger partial charge >= 0.3 is 11.8 Å². The summed E-state index contributed by atoms with van der Waals surface area (Å²) in [5.74, 6) is -1.39. The lowest BCUT2D eigenvalue weighted by atomic mass is 10.2. The van der Waals surface area contributed by atoms with Gasteiger partial charge in [0, 0.05) is 21.3 Å². The predicted octanol–water partition coefficient (Wildman–Crippen LogP) is 3.37. The van der Waals surface area contributed by atoms with Gasteiger partial charge in [-0.25, -0.2) is 5.43 Å². The molecule has 0 unspecified atom stereocenters. The molecule has 0 saturated carbocycles. The van der Waals surface area contributed by atoms with Crippen molar-refractivity contribution in [3.63, 3.8) is 0 Å². The molecule has 9 nitrogen and oxygen atoms in total. The van der Waals surface area contributed by atoms with E-state index in [1.807, 2.05) is 0 Å². The van der Waals surface area contributed by atoms with Crippen molar-refractivity contribution in [1.29, 1.82) is 0 Å². The van der Waals surface area contributed by atoms with E-state index in [9.17, 15) is 14.4 Å². The summed E-state index contributed by atoms with van der Waals surface area (Å²) < 4.78 is 10.6. The lowest BCUT2D eigenvalue weighted by molar-refractivity contribution is -0.139. The zero-order valence-electron chi connectivity index (χ0n) is 17.0. The summed E-state index contributed by atoms with van der Waals surface area (Å²) in [5, 5.41) is 9.57. The highest BCUT2D eigenvalue weighted by atomic mass is 35.5. The van der Waals surface area contributed by atoms with Crippen molar-refractivity contribution in [2.75, 3.05) is 11.9 Å². The summed E-state index contributed by atoms with van der Waals surface area (Å²) in [6.45, 7) is -0.223. The van der Waals surface area contributed by atoms with Crippen LogP contribution >= 0.6 is 23.2 Å². The minimum atomic E-state index is -0.948. The summed E-state index contributed by atoms with van der Waals surface area (Å²) in [7, 11) is 0. The first-order valence-corrected chi connectivity index (χ1v) is 10.3. The van der Waals surface area contributed by atoms with Gasteiger partial charge in [0.15, 0.2) is 6.61 Å². The molecule has 2 aromatic carbocycles. The van der Waals surface area contributed by atoms with Crippen LogP contribution in [0.15, 0.2) is 70.4 Å². The highest BCUT2D eigenvalue weighted by Crippen LogP contribution is 2.22. The Morgan fingerprint density at radius 1 is 1.00 bits per heavy atom. The topological polar surface area (TPSA) is 122 Å². The molecular formula is C22H18Cl2N4O5. The van der Waals surface area contributed by atoms with Crippen LogP contribution in [0.25, 0.3) is 0 Å². The third-order valence-corrected chi connectivity index (χ3v) is 4.44. The van der Waals surface area contributed by atoms with E-state index in [0.29, 0.717) is 32.8 Å². The first kappa shape index (κ1) is 23.8. The molecule has 3 N–H and O–H groups in total. The molecule has 0 atom stereocenters. The molecule has 0 aliphatic rings. The molecule has 11 heteroatoms. The van der Waals surface area contributed by atoms with E-state index >= 15 is 0 Å². The van der Waals surface area contributed by atoms with E-state index in [4.69, 9.17) is 32.4 Å². The number of furan rings is 1. The van der Waals surface area contributed by atoms with E-state index < -0.39 is 17.7 Å². The van der Waals surface area contributed by atoms with E-state index in [0.717, 1.165) is 0 Å². The van der Waals surface area contributed by atoms with Crippen LogP contribution in [0.5, 0.6) is 5.75 Å². The minimum absolute atomic E-state index is 0.0725. The molecule has 1 heterocycles. The van der Waals surface area contributed by atoms with Gasteiger partial charge in [0.05, 0.1) is 19.0 Å². The van der Waals surface area contributed by atoms with Crippen LogP contribution in [0.3, 0.4) is 0 Å². The highest BCUT2D eigenvalue weighted by Gasteiger charge is 2.13. The third kappa shape index (κ3) is 7.67. The van der Waals surface area contributed by atoms with Crippen molar-refractivity contribution in [2.24, 2.45) is 5.10 Å². The van der Waals surface area contributed by atoms with Gasteiger partial charge in [-0.2, -0.15) is 5.10 Å². The van der Waals surface area contributed by atoms with Gasteiger partial charge < -0.3 is 19.8 Å². The predicted molar refractivity (Wildman–Crippen MR) is 123 cm³/mol. The fourth-order valence-corrected chi connectivity index (χ4v) is 3.08. The lowest BCUT2D eigenvalue weighted by Gasteiger charge is -2.10. The molecule has 3 rings (SSSR count). The number of hydrogen-bond acceptors (Lipinski definition) is 6. The fourth-order valence-electron chi connectivity index (χ4n) is 2.56. The van der Waals surface area contributed by atoms with Gasteiger partial charge in [-0.3, -0.25) is 14.4 Å². The van der Waals surface area contributed by atoms with Crippen LogP contribution in [0, 0.1) is 0 Å². The molecule has 0 radical (unpaired) electrons. The molecule has 170 valence electrons. The minimum Gasteiger partial charge on any atom is -0.483 e. The Hall–Kier alpha value is -3.82. The molecule has 3 aromatic rings. The third-order valence-electron chi connectivity index (χ3n) is 4.00. The smallest absolute Gasteiger partial charge is 0.329 e. The first-order valence-electron chi connectivity index (χ1n) is 9.52. The quantitative estimate of drug-likeness (QED) is 0.255. The van der Waals surface area contributed by atoms with Crippen LogP contribution in [0.2, 0.25) is 10.0 Å². The Kier molecular flexibility index (Phi) is 8.45. The number of nitrogens with zero attached hydrogens (tertiary/aromatic N) is 1. The van der Waals surface area contributed by atoms with Crippen molar-refractivity contribution < 1.29 is 23.5 Å². The second kappa shape index (κ2) is 11.7. The summed E-state index contributed by atoms with van der Waals surface area (Å²) in [6, 6.07) is 14.7. The molecule has 3 amide bonds. The number of ether oxygens (including phenoxy) is 1.